The topological polar surface area (TPSA) is 84.2 Å². The van der Waals surface area contributed by atoms with E-state index in [1.807, 2.05) is 19.1 Å². The first-order valence-corrected chi connectivity index (χ1v) is 6.03. The van der Waals surface area contributed by atoms with Gasteiger partial charge >= 0.3 is 0 Å². The smallest absolute Gasteiger partial charge is 0.238 e. The predicted octanol–water partition coefficient (Wildman–Crippen LogP) is 1.49. The molecule has 0 saturated carbocycles. The Morgan fingerprint density at radius 1 is 1.17 bits per heavy atom. The lowest BCUT2D eigenvalue weighted by atomic mass is 10.1. The molecule has 2 amide bonds. The van der Waals surface area contributed by atoms with Crippen molar-refractivity contribution < 1.29 is 9.59 Å². The van der Waals surface area contributed by atoms with Gasteiger partial charge in [0.25, 0.3) is 0 Å². The van der Waals surface area contributed by atoms with Crippen molar-refractivity contribution in [2.24, 2.45) is 5.73 Å². The molecular weight excluding hydrogens is 230 g/mol. The molecule has 0 aliphatic heterocycles. The number of amides is 2. The molecule has 0 spiro atoms. The minimum atomic E-state index is -0.247. The van der Waals surface area contributed by atoms with Crippen LogP contribution < -0.4 is 16.4 Å². The molecule has 1 aromatic carbocycles. The summed E-state index contributed by atoms with van der Waals surface area (Å²) in [5.41, 5.74) is 7.64. The van der Waals surface area contributed by atoms with Gasteiger partial charge in [-0.25, -0.2) is 0 Å². The van der Waals surface area contributed by atoms with E-state index in [-0.39, 0.29) is 18.4 Å². The highest BCUT2D eigenvalue weighted by Gasteiger charge is 2.07. The van der Waals surface area contributed by atoms with E-state index in [9.17, 15) is 9.59 Å². The third-order valence-electron chi connectivity index (χ3n) is 2.56. The Morgan fingerprint density at radius 3 is 2.44 bits per heavy atom. The fourth-order valence-electron chi connectivity index (χ4n) is 1.53. The summed E-state index contributed by atoms with van der Waals surface area (Å²) in [5.74, 6) is -0.306. The number of hydrogen-bond donors (Lipinski definition) is 3. The van der Waals surface area contributed by atoms with Crippen LogP contribution in [0.25, 0.3) is 0 Å². The third-order valence-corrected chi connectivity index (χ3v) is 2.56. The molecule has 0 radical (unpaired) electrons. The first-order valence-electron chi connectivity index (χ1n) is 6.03. The highest BCUT2D eigenvalue weighted by atomic mass is 16.2. The number of hydrogen-bond acceptors (Lipinski definition) is 3. The fraction of sp³-hybridized carbons (Fsp3) is 0.385. The van der Waals surface area contributed by atoms with E-state index in [0.29, 0.717) is 17.8 Å². The van der Waals surface area contributed by atoms with Crippen LogP contribution in [0.5, 0.6) is 0 Å². The molecule has 98 valence electrons. The normalized spacial score (nSPS) is 9.94. The maximum Gasteiger partial charge on any atom is 0.238 e. The second kappa shape index (κ2) is 6.76. The summed E-state index contributed by atoms with van der Waals surface area (Å²) in [6, 6.07) is 5.46. The third kappa shape index (κ3) is 3.85. The van der Waals surface area contributed by atoms with Crippen LogP contribution in [0, 0.1) is 0 Å². The molecule has 0 fully saturated rings. The molecule has 0 bridgehead atoms. The SMILES string of the molecule is CCC(=O)Nc1ccc(CC)c(NC(=O)CN)c1. The average molecular weight is 249 g/mol. The van der Waals surface area contributed by atoms with Crippen molar-refractivity contribution in [3.8, 4) is 0 Å². The fourth-order valence-corrected chi connectivity index (χ4v) is 1.53. The van der Waals surface area contributed by atoms with Gasteiger partial charge < -0.3 is 16.4 Å². The van der Waals surface area contributed by atoms with Crippen molar-refractivity contribution in [3.63, 3.8) is 0 Å². The largest absolute Gasteiger partial charge is 0.326 e. The van der Waals surface area contributed by atoms with E-state index in [1.54, 1.807) is 13.0 Å². The lowest BCUT2D eigenvalue weighted by molar-refractivity contribution is -0.116. The van der Waals surface area contributed by atoms with Crippen LogP contribution in [0.15, 0.2) is 18.2 Å². The Morgan fingerprint density at radius 2 is 1.89 bits per heavy atom. The molecule has 0 aromatic heterocycles. The molecule has 18 heavy (non-hydrogen) atoms. The lowest BCUT2D eigenvalue weighted by Crippen LogP contribution is -2.22. The number of nitrogens with one attached hydrogen (secondary N) is 2. The van der Waals surface area contributed by atoms with Crippen molar-refractivity contribution in [1.82, 2.24) is 0 Å². The monoisotopic (exact) mass is 249 g/mol. The highest BCUT2D eigenvalue weighted by molar-refractivity contribution is 5.95. The first-order chi connectivity index (χ1) is 8.60. The number of anilines is 2. The van der Waals surface area contributed by atoms with Gasteiger partial charge in [0, 0.05) is 17.8 Å². The van der Waals surface area contributed by atoms with Crippen LogP contribution in [-0.2, 0) is 16.0 Å². The van der Waals surface area contributed by atoms with Crippen LogP contribution >= 0.6 is 0 Å². The maximum absolute atomic E-state index is 11.3. The molecule has 4 N–H and O–H groups in total. The van der Waals surface area contributed by atoms with E-state index in [2.05, 4.69) is 10.6 Å². The number of aryl methyl sites for hydroxylation is 1. The van der Waals surface area contributed by atoms with Crippen LogP contribution in [0.3, 0.4) is 0 Å². The summed E-state index contributed by atoms with van der Waals surface area (Å²) in [4.78, 5) is 22.6. The van der Waals surface area contributed by atoms with Gasteiger partial charge in [-0.2, -0.15) is 0 Å². The predicted molar refractivity (Wildman–Crippen MR) is 72.4 cm³/mol. The highest BCUT2D eigenvalue weighted by Crippen LogP contribution is 2.21. The second-order valence-electron chi connectivity index (χ2n) is 3.88. The van der Waals surface area contributed by atoms with Crippen LogP contribution in [0.2, 0.25) is 0 Å². The zero-order valence-electron chi connectivity index (χ0n) is 10.7. The van der Waals surface area contributed by atoms with Gasteiger partial charge in [-0.05, 0) is 24.1 Å². The summed E-state index contributed by atoms with van der Waals surface area (Å²) in [5, 5.41) is 5.48. The van der Waals surface area contributed by atoms with E-state index < -0.39 is 0 Å². The number of rotatable bonds is 5. The number of nitrogens with two attached hydrogens (primary N) is 1. The summed E-state index contributed by atoms with van der Waals surface area (Å²) in [6.45, 7) is 3.72. The Kier molecular flexibility index (Phi) is 5.32. The molecule has 0 aliphatic carbocycles. The van der Waals surface area contributed by atoms with Gasteiger partial charge in [0.1, 0.15) is 0 Å². The number of benzene rings is 1. The van der Waals surface area contributed by atoms with Gasteiger partial charge in [-0.1, -0.05) is 19.9 Å². The molecule has 0 heterocycles. The van der Waals surface area contributed by atoms with E-state index in [4.69, 9.17) is 5.73 Å². The second-order valence-corrected chi connectivity index (χ2v) is 3.88. The van der Waals surface area contributed by atoms with E-state index in [1.165, 1.54) is 0 Å². The summed E-state index contributed by atoms with van der Waals surface area (Å²) >= 11 is 0. The molecule has 5 nitrogen and oxygen atoms in total. The summed E-state index contributed by atoms with van der Waals surface area (Å²) in [7, 11) is 0. The van der Waals surface area contributed by atoms with Crippen molar-refractivity contribution in [2.75, 3.05) is 17.2 Å². The number of carbonyl (C=O) groups excluding carboxylic acids is 2. The average Bonchev–Trinajstić information content (AvgIpc) is 2.38. The van der Waals surface area contributed by atoms with E-state index in [0.717, 1.165) is 12.0 Å². The lowest BCUT2D eigenvalue weighted by Gasteiger charge is -2.12. The standard InChI is InChI=1S/C13H19N3O2/c1-3-9-5-6-10(15-12(17)4-2)7-11(9)16-13(18)8-14/h5-7H,3-4,8,14H2,1-2H3,(H,15,17)(H,16,18). The molecule has 0 saturated heterocycles. The van der Waals surface area contributed by atoms with E-state index >= 15 is 0 Å². The Hall–Kier alpha value is -1.88. The molecule has 0 unspecified atom stereocenters. The molecule has 1 aromatic rings. The van der Waals surface area contributed by atoms with Crippen molar-refractivity contribution in [3.05, 3.63) is 23.8 Å². The molecule has 0 atom stereocenters. The van der Waals surface area contributed by atoms with Gasteiger partial charge in [-0.15, -0.1) is 0 Å². The maximum atomic E-state index is 11.3. The Balaban J connectivity index is 2.94. The van der Waals surface area contributed by atoms with Crippen molar-refractivity contribution >= 4 is 23.2 Å². The van der Waals surface area contributed by atoms with Crippen LogP contribution in [0.1, 0.15) is 25.8 Å². The molecule has 5 heteroatoms. The quantitative estimate of drug-likeness (QED) is 0.739. The van der Waals surface area contributed by atoms with Gasteiger partial charge in [0.15, 0.2) is 0 Å². The number of carbonyl (C=O) groups is 2. The van der Waals surface area contributed by atoms with Gasteiger partial charge in [0.2, 0.25) is 11.8 Å². The minimum absolute atomic E-state index is 0.0599. The summed E-state index contributed by atoms with van der Waals surface area (Å²) < 4.78 is 0. The van der Waals surface area contributed by atoms with Gasteiger partial charge in [0.05, 0.1) is 6.54 Å². The first kappa shape index (κ1) is 14.2. The summed E-state index contributed by atoms with van der Waals surface area (Å²) in [6.07, 6.45) is 1.21. The molecular formula is C13H19N3O2. The molecule has 0 aliphatic rings. The van der Waals surface area contributed by atoms with Crippen molar-refractivity contribution in [2.45, 2.75) is 26.7 Å². The van der Waals surface area contributed by atoms with Crippen molar-refractivity contribution in [1.29, 1.82) is 0 Å². The minimum Gasteiger partial charge on any atom is -0.326 e. The Labute approximate surface area is 107 Å². The van der Waals surface area contributed by atoms with Crippen LogP contribution in [0.4, 0.5) is 11.4 Å². The van der Waals surface area contributed by atoms with Gasteiger partial charge in [-0.3, -0.25) is 9.59 Å². The zero-order valence-corrected chi connectivity index (χ0v) is 10.7. The zero-order chi connectivity index (χ0) is 13.5. The Bertz CT molecular complexity index is 444. The van der Waals surface area contributed by atoms with Crippen LogP contribution in [-0.4, -0.2) is 18.4 Å². The molecule has 1 rings (SSSR count).